The number of nitrogens with zero attached hydrogens (tertiary/aromatic N) is 4. The first-order valence-electron chi connectivity index (χ1n) is 9.75. The van der Waals surface area contributed by atoms with Crippen molar-refractivity contribution in [1.82, 2.24) is 19.7 Å². The summed E-state index contributed by atoms with van der Waals surface area (Å²) in [6.45, 7) is 7.81. The summed E-state index contributed by atoms with van der Waals surface area (Å²) in [6, 6.07) is 7.98. The zero-order valence-electron chi connectivity index (χ0n) is 16.7. The number of aryl methyl sites for hydroxylation is 1. The van der Waals surface area contributed by atoms with Gasteiger partial charge in [0, 0.05) is 17.4 Å². The second-order valence-corrected chi connectivity index (χ2v) is 8.41. The van der Waals surface area contributed by atoms with E-state index in [1.165, 1.54) is 0 Å². The molecular weight excluding hydrogens is 370 g/mol. The van der Waals surface area contributed by atoms with Gasteiger partial charge in [0.25, 0.3) is 5.91 Å². The van der Waals surface area contributed by atoms with Crippen molar-refractivity contribution in [3.05, 3.63) is 47.4 Å². The smallest absolute Gasteiger partial charge is 0.415 e. The van der Waals surface area contributed by atoms with Crippen molar-refractivity contribution in [2.45, 2.75) is 39.5 Å². The Morgan fingerprint density at radius 1 is 1.24 bits per heavy atom. The second-order valence-electron chi connectivity index (χ2n) is 8.41. The first-order valence-corrected chi connectivity index (χ1v) is 9.75. The second kappa shape index (κ2) is 6.10. The summed E-state index contributed by atoms with van der Waals surface area (Å²) >= 11 is 0. The minimum Gasteiger partial charge on any atom is -0.441 e. The Hall–Kier alpha value is -3.29. The molecule has 1 saturated heterocycles. The van der Waals surface area contributed by atoms with Gasteiger partial charge in [-0.3, -0.25) is 14.4 Å². The third kappa shape index (κ3) is 2.95. The van der Waals surface area contributed by atoms with Gasteiger partial charge in [-0.2, -0.15) is 5.10 Å². The molecule has 0 unspecified atom stereocenters. The Labute approximate surface area is 168 Å². The molecule has 0 saturated carbocycles. The van der Waals surface area contributed by atoms with Gasteiger partial charge in [0.15, 0.2) is 0 Å². The number of benzene rings is 1. The summed E-state index contributed by atoms with van der Waals surface area (Å²) in [6.07, 6.45) is 1.32. The van der Waals surface area contributed by atoms with E-state index >= 15 is 0 Å². The molecule has 0 radical (unpaired) electrons. The lowest BCUT2D eigenvalue weighted by molar-refractivity contribution is 0.0701. The number of H-pyrrole nitrogens is 1. The average molecular weight is 393 g/mol. The molecule has 5 rings (SSSR count). The lowest BCUT2D eigenvalue weighted by Crippen LogP contribution is -2.39. The van der Waals surface area contributed by atoms with Gasteiger partial charge in [-0.05, 0) is 39.0 Å². The summed E-state index contributed by atoms with van der Waals surface area (Å²) in [4.78, 5) is 32.1. The highest BCUT2D eigenvalue weighted by Crippen LogP contribution is 2.32. The van der Waals surface area contributed by atoms with Crippen molar-refractivity contribution in [2.75, 3.05) is 18.0 Å². The zero-order valence-corrected chi connectivity index (χ0v) is 16.7. The van der Waals surface area contributed by atoms with Gasteiger partial charge in [0.05, 0.1) is 37.2 Å². The Kier molecular flexibility index (Phi) is 3.74. The molecular formula is C21H23N5O3. The van der Waals surface area contributed by atoms with Gasteiger partial charge in [-0.25, -0.2) is 4.79 Å². The zero-order chi connectivity index (χ0) is 20.3. The molecule has 8 nitrogen and oxygen atoms in total. The monoisotopic (exact) mass is 393 g/mol. The van der Waals surface area contributed by atoms with Crippen LogP contribution in [0.5, 0.6) is 0 Å². The van der Waals surface area contributed by atoms with Crippen molar-refractivity contribution in [1.29, 1.82) is 0 Å². The van der Waals surface area contributed by atoms with Crippen LogP contribution in [-0.4, -0.2) is 50.4 Å². The van der Waals surface area contributed by atoms with Crippen LogP contribution in [-0.2, 0) is 17.8 Å². The highest BCUT2D eigenvalue weighted by Gasteiger charge is 2.40. The number of anilines is 1. The van der Waals surface area contributed by atoms with Crippen LogP contribution in [0.25, 0.3) is 10.9 Å². The maximum Gasteiger partial charge on any atom is 0.415 e. The molecule has 150 valence electrons. The molecule has 2 aliphatic heterocycles. The molecule has 0 aliphatic carbocycles. The molecule has 1 N–H and O–H groups in total. The van der Waals surface area contributed by atoms with Crippen LogP contribution in [0.4, 0.5) is 10.5 Å². The van der Waals surface area contributed by atoms with Crippen molar-refractivity contribution < 1.29 is 14.3 Å². The summed E-state index contributed by atoms with van der Waals surface area (Å²) < 4.78 is 7.29. The number of nitrogens with one attached hydrogen (secondary N) is 1. The molecule has 3 aromatic rings. The highest BCUT2D eigenvalue weighted by molar-refractivity contribution is 5.98. The van der Waals surface area contributed by atoms with E-state index in [4.69, 9.17) is 4.74 Å². The number of carbonyl (C=O) groups excluding carboxylic acids is 2. The number of aromatic nitrogens is 3. The van der Waals surface area contributed by atoms with Crippen LogP contribution in [0, 0.1) is 6.92 Å². The molecule has 4 heterocycles. The van der Waals surface area contributed by atoms with Gasteiger partial charge < -0.3 is 14.6 Å². The predicted octanol–water partition coefficient (Wildman–Crippen LogP) is 3.06. The number of rotatable bonds is 2. The Bertz CT molecular complexity index is 1140. The first-order chi connectivity index (χ1) is 13.8. The van der Waals surface area contributed by atoms with Crippen molar-refractivity contribution >= 4 is 28.6 Å². The van der Waals surface area contributed by atoms with Crippen molar-refractivity contribution in [2.24, 2.45) is 0 Å². The van der Waals surface area contributed by atoms with Crippen LogP contribution in [0.1, 0.15) is 35.6 Å². The van der Waals surface area contributed by atoms with Crippen molar-refractivity contribution in [3.8, 4) is 0 Å². The summed E-state index contributed by atoms with van der Waals surface area (Å²) in [5.74, 6) is -0.0541. The van der Waals surface area contributed by atoms with Crippen molar-refractivity contribution in [3.63, 3.8) is 0 Å². The van der Waals surface area contributed by atoms with E-state index in [1.807, 2.05) is 43.7 Å². The molecule has 0 spiro atoms. The van der Waals surface area contributed by atoms with Crippen LogP contribution >= 0.6 is 0 Å². The van der Waals surface area contributed by atoms with E-state index in [-0.39, 0.29) is 12.0 Å². The van der Waals surface area contributed by atoms with Gasteiger partial charge >= 0.3 is 6.09 Å². The normalized spacial score (nSPS) is 18.2. The lowest BCUT2D eigenvalue weighted by Gasteiger charge is -2.29. The fourth-order valence-corrected chi connectivity index (χ4v) is 4.12. The quantitative estimate of drug-likeness (QED) is 0.725. The number of hydrogen-bond acceptors (Lipinski definition) is 4. The van der Waals surface area contributed by atoms with Gasteiger partial charge in [-0.15, -0.1) is 0 Å². The fourth-order valence-electron chi connectivity index (χ4n) is 4.12. The SMILES string of the molecule is Cc1ccc2[nH]c(C(=O)N3CCn4ncc(N5CC(C)(C)OC5=O)c4C3)cc2c1. The maximum absolute atomic E-state index is 13.1. The maximum atomic E-state index is 13.1. The minimum atomic E-state index is -0.543. The molecule has 0 atom stereocenters. The Morgan fingerprint density at radius 2 is 2.07 bits per heavy atom. The number of carbonyl (C=O) groups is 2. The van der Waals surface area contributed by atoms with E-state index in [0.29, 0.717) is 37.6 Å². The van der Waals surface area contributed by atoms with Gasteiger partial charge in [0.2, 0.25) is 0 Å². The Morgan fingerprint density at radius 3 is 2.83 bits per heavy atom. The van der Waals surface area contributed by atoms with E-state index in [2.05, 4.69) is 16.1 Å². The number of aromatic amines is 1. The molecule has 0 bridgehead atoms. The number of amides is 2. The lowest BCUT2D eigenvalue weighted by atomic mass is 10.1. The molecule has 29 heavy (non-hydrogen) atoms. The highest BCUT2D eigenvalue weighted by atomic mass is 16.6. The third-order valence-electron chi connectivity index (χ3n) is 5.56. The summed E-state index contributed by atoms with van der Waals surface area (Å²) in [5, 5.41) is 5.44. The number of hydrogen-bond donors (Lipinski definition) is 1. The van der Waals surface area contributed by atoms with E-state index < -0.39 is 5.60 Å². The van der Waals surface area contributed by atoms with E-state index in [1.54, 1.807) is 16.0 Å². The topological polar surface area (TPSA) is 83.5 Å². The summed E-state index contributed by atoms with van der Waals surface area (Å²) in [7, 11) is 0. The largest absolute Gasteiger partial charge is 0.441 e. The first kappa shape index (κ1) is 17.8. The molecule has 2 aliphatic rings. The van der Waals surface area contributed by atoms with Crippen LogP contribution in [0.15, 0.2) is 30.5 Å². The molecule has 1 fully saturated rings. The number of ether oxygens (including phenoxy) is 1. The standard InChI is InChI=1S/C21H23N5O3/c1-13-4-5-15-14(8-13)9-16(23-15)19(27)24-6-7-26-18(11-24)17(10-22-26)25-12-21(2,3)29-20(25)28/h4-5,8-10,23H,6-7,11-12H2,1-3H3. The van der Waals surface area contributed by atoms with Crippen LogP contribution < -0.4 is 4.90 Å². The molecule has 8 heteroatoms. The fraction of sp³-hybridized carbons (Fsp3) is 0.381. The van der Waals surface area contributed by atoms with Gasteiger partial charge in [-0.1, -0.05) is 11.6 Å². The third-order valence-corrected chi connectivity index (χ3v) is 5.56. The minimum absolute atomic E-state index is 0.0541. The van der Waals surface area contributed by atoms with Crippen LogP contribution in [0.3, 0.4) is 0 Å². The number of fused-ring (bicyclic) bond motifs is 2. The van der Waals surface area contributed by atoms with Crippen LogP contribution in [0.2, 0.25) is 0 Å². The average Bonchev–Trinajstić information content (AvgIpc) is 3.34. The van der Waals surface area contributed by atoms with E-state index in [9.17, 15) is 9.59 Å². The Balaban J connectivity index is 1.42. The molecule has 1 aromatic carbocycles. The van der Waals surface area contributed by atoms with E-state index in [0.717, 1.165) is 22.2 Å². The van der Waals surface area contributed by atoms with Gasteiger partial charge in [0.1, 0.15) is 11.3 Å². The number of cyclic esters (lactones) is 1. The predicted molar refractivity (Wildman–Crippen MR) is 108 cm³/mol. The molecule has 2 aromatic heterocycles. The summed E-state index contributed by atoms with van der Waals surface area (Å²) in [5.41, 5.74) is 3.70. The molecule has 2 amide bonds.